The number of furan rings is 1. The molecule has 1 aliphatic rings. The topological polar surface area (TPSA) is 34.4 Å². The Morgan fingerprint density at radius 1 is 1.44 bits per heavy atom. The molecule has 1 unspecified atom stereocenters. The highest BCUT2D eigenvalue weighted by atomic mass is 16.5. The van der Waals surface area contributed by atoms with Crippen molar-refractivity contribution in [3.05, 3.63) is 30.0 Å². The molecule has 0 amide bonds. The van der Waals surface area contributed by atoms with Gasteiger partial charge in [-0.1, -0.05) is 0 Å². The van der Waals surface area contributed by atoms with Crippen molar-refractivity contribution in [2.75, 3.05) is 13.1 Å². The minimum absolute atomic E-state index is 0.310. The van der Waals surface area contributed by atoms with Gasteiger partial charge in [-0.2, -0.15) is 0 Å². The molecule has 1 aromatic heterocycles. The summed E-state index contributed by atoms with van der Waals surface area (Å²) < 4.78 is 11.3. The lowest BCUT2D eigenvalue weighted by Gasteiger charge is -2.12. The quantitative estimate of drug-likeness (QED) is 0.839. The van der Waals surface area contributed by atoms with Crippen LogP contribution in [0, 0.1) is 6.92 Å². The first-order valence-corrected chi connectivity index (χ1v) is 5.68. The smallest absolute Gasteiger partial charge is 0.134 e. The molecule has 1 fully saturated rings. The van der Waals surface area contributed by atoms with Crippen LogP contribution < -0.4 is 10.1 Å². The van der Waals surface area contributed by atoms with Crippen molar-refractivity contribution in [2.24, 2.45) is 0 Å². The Labute approximate surface area is 94.4 Å². The molecule has 1 N–H and O–H groups in total. The molecule has 0 saturated carbocycles. The van der Waals surface area contributed by atoms with E-state index in [1.165, 1.54) is 0 Å². The highest BCUT2D eigenvalue weighted by Crippen LogP contribution is 2.26. The van der Waals surface area contributed by atoms with Crippen molar-refractivity contribution in [2.45, 2.75) is 19.4 Å². The van der Waals surface area contributed by atoms with Crippen molar-refractivity contribution in [1.29, 1.82) is 0 Å². The molecule has 0 bridgehead atoms. The summed E-state index contributed by atoms with van der Waals surface area (Å²) in [6, 6.07) is 6.01. The van der Waals surface area contributed by atoms with Gasteiger partial charge in [-0.3, -0.25) is 0 Å². The van der Waals surface area contributed by atoms with Gasteiger partial charge in [-0.25, -0.2) is 0 Å². The highest BCUT2D eigenvalue weighted by Gasteiger charge is 2.16. The Hall–Kier alpha value is -1.48. The standard InChI is InChI=1S/C13H15NO2/c1-9-8-15-13-3-2-10(6-12(9)13)16-11-4-5-14-7-11/h2-3,6,8,11,14H,4-5,7H2,1H3. The fraction of sp³-hybridized carbons (Fsp3) is 0.385. The van der Waals surface area contributed by atoms with Crippen molar-refractivity contribution in [3.63, 3.8) is 0 Å². The first-order chi connectivity index (χ1) is 7.83. The summed E-state index contributed by atoms with van der Waals surface area (Å²) in [5, 5.41) is 4.43. The third-order valence-corrected chi connectivity index (χ3v) is 3.06. The molecule has 0 spiro atoms. The highest BCUT2D eigenvalue weighted by molar-refractivity contribution is 5.82. The molecular formula is C13H15NO2. The van der Waals surface area contributed by atoms with Crippen LogP contribution in [0.4, 0.5) is 0 Å². The van der Waals surface area contributed by atoms with E-state index in [4.69, 9.17) is 9.15 Å². The Bertz CT molecular complexity index is 498. The summed E-state index contributed by atoms with van der Waals surface area (Å²) >= 11 is 0. The summed E-state index contributed by atoms with van der Waals surface area (Å²) in [4.78, 5) is 0. The number of rotatable bonds is 2. The number of fused-ring (bicyclic) bond motifs is 1. The maximum Gasteiger partial charge on any atom is 0.134 e. The van der Waals surface area contributed by atoms with Crippen LogP contribution in [0.3, 0.4) is 0 Å². The van der Waals surface area contributed by atoms with Crippen molar-refractivity contribution in [3.8, 4) is 5.75 Å². The molecule has 3 nitrogen and oxygen atoms in total. The zero-order chi connectivity index (χ0) is 11.0. The second kappa shape index (κ2) is 3.83. The lowest BCUT2D eigenvalue weighted by atomic mass is 10.2. The minimum atomic E-state index is 0.310. The van der Waals surface area contributed by atoms with Gasteiger partial charge in [0, 0.05) is 11.9 Å². The van der Waals surface area contributed by atoms with Crippen LogP contribution in [0.1, 0.15) is 12.0 Å². The van der Waals surface area contributed by atoms with E-state index in [2.05, 4.69) is 11.4 Å². The van der Waals surface area contributed by atoms with Crippen LogP contribution in [-0.4, -0.2) is 19.2 Å². The van der Waals surface area contributed by atoms with E-state index in [1.54, 1.807) is 6.26 Å². The molecule has 2 heterocycles. The summed E-state index contributed by atoms with van der Waals surface area (Å²) in [6.07, 6.45) is 3.18. The zero-order valence-corrected chi connectivity index (χ0v) is 9.32. The van der Waals surface area contributed by atoms with Gasteiger partial charge in [0.1, 0.15) is 17.4 Å². The van der Waals surface area contributed by atoms with Gasteiger partial charge >= 0.3 is 0 Å². The molecule has 3 heteroatoms. The van der Waals surface area contributed by atoms with Gasteiger partial charge in [-0.15, -0.1) is 0 Å². The first-order valence-electron chi connectivity index (χ1n) is 5.68. The van der Waals surface area contributed by atoms with E-state index in [0.717, 1.165) is 41.8 Å². The minimum Gasteiger partial charge on any atom is -0.489 e. The van der Waals surface area contributed by atoms with Gasteiger partial charge in [0.15, 0.2) is 0 Å². The Morgan fingerprint density at radius 3 is 3.19 bits per heavy atom. The number of aryl methyl sites for hydroxylation is 1. The third-order valence-electron chi connectivity index (χ3n) is 3.06. The average Bonchev–Trinajstić information content (AvgIpc) is 2.90. The first kappa shape index (κ1) is 9.73. The molecule has 0 radical (unpaired) electrons. The Balaban J connectivity index is 1.88. The van der Waals surface area contributed by atoms with Gasteiger partial charge in [-0.05, 0) is 43.7 Å². The number of nitrogens with one attached hydrogen (secondary N) is 1. The average molecular weight is 217 g/mol. The maximum absolute atomic E-state index is 5.90. The van der Waals surface area contributed by atoms with Gasteiger partial charge < -0.3 is 14.5 Å². The maximum atomic E-state index is 5.90. The summed E-state index contributed by atoms with van der Waals surface area (Å²) in [7, 11) is 0. The Kier molecular flexibility index (Phi) is 2.33. The molecule has 0 aliphatic carbocycles. The lowest BCUT2D eigenvalue weighted by Crippen LogP contribution is -2.19. The van der Waals surface area contributed by atoms with Crippen LogP contribution in [0.2, 0.25) is 0 Å². The van der Waals surface area contributed by atoms with Crippen molar-refractivity contribution >= 4 is 11.0 Å². The third kappa shape index (κ3) is 1.67. The van der Waals surface area contributed by atoms with E-state index < -0.39 is 0 Å². The molecule has 1 atom stereocenters. The van der Waals surface area contributed by atoms with Crippen LogP contribution in [0.25, 0.3) is 11.0 Å². The molecule has 1 aliphatic heterocycles. The predicted molar refractivity (Wildman–Crippen MR) is 62.9 cm³/mol. The van der Waals surface area contributed by atoms with Crippen LogP contribution in [0.15, 0.2) is 28.9 Å². The van der Waals surface area contributed by atoms with E-state index >= 15 is 0 Å². The molecule has 84 valence electrons. The van der Waals surface area contributed by atoms with Crippen molar-refractivity contribution in [1.82, 2.24) is 5.32 Å². The van der Waals surface area contributed by atoms with Gasteiger partial charge in [0.05, 0.1) is 6.26 Å². The largest absolute Gasteiger partial charge is 0.489 e. The molecule has 1 aromatic carbocycles. The van der Waals surface area contributed by atoms with Crippen LogP contribution in [-0.2, 0) is 0 Å². The summed E-state index contributed by atoms with van der Waals surface area (Å²) in [6.45, 7) is 4.05. The van der Waals surface area contributed by atoms with E-state index in [-0.39, 0.29) is 0 Å². The number of hydrogen-bond acceptors (Lipinski definition) is 3. The van der Waals surface area contributed by atoms with E-state index in [9.17, 15) is 0 Å². The fourth-order valence-corrected chi connectivity index (χ4v) is 2.13. The number of hydrogen-bond donors (Lipinski definition) is 1. The second-order valence-electron chi connectivity index (χ2n) is 4.31. The number of ether oxygens (including phenoxy) is 1. The molecule has 2 aromatic rings. The normalized spacial score (nSPS) is 20.4. The van der Waals surface area contributed by atoms with Crippen molar-refractivity contribution < 1.29 is 9.15 Å². The van der Waals surface area contributed by atoms with Crippen LogP contribution >= 0.6 is 0 Å². The lowest BCUT2D eigenvalue weighted by molar-refractivity contribution is 0.223. The molecule has 16 heavy (non-hydrogen) atoms. The summed E-state index contributed by atoms with van der Waals surface area (Å²) in [5.41, 5.74) is 2.08. The Morgan fingerprint density at radius 2 is 2.38 bits per heavy atom. The zero-order valence-electron chi connectivity index (χ0n) is 9.32. The predicted octanol–water partition coefficient (Wildman–Crippen LogP) is 2.48. The van der Waals surface area contributed by atoms with Gasteiger partial charge in [0.25, 0.3) is 0 Å². The second-order valence-corrected chi connectivity index (χ2v) is 4.31. The van der Waals surface area contributed by atoms with Crippen LogP contribution in [0.5, 0.6) is 5.75 Å². The van der Waals surface area contributed by atoms with E-state index in [0.29, 0.717) is 6.10 Å². The molecule has 3 rings (SSSR count). The molecular weight excluding hydrogens is 202 g/mol. The number of benzene rings is 1. The monoisotopic (exact) mass is 217 g/mol. The SMILES string of the molecule is Cc1coc2ccc(OC3CCNC3)cc12. The molecule has 1 saturated heterocycles. The summed E-state index contributed by atoms with van der Waals surface area (Å²) in [5.74, 6) is 0.936. The van der Waals surface area contributed by atoms with E-state index in [1.807, 2.05) is 19.1 Å². The van der Waals surface area contributed by atoms with Gasteiger partial charge in [0.2, 0.25) is 0 Å². The fourth-order valence-electron chi connectivity index (χ4n) is 2.13.